The van der Waals surface area contributed by atoms with E-state index in [0.717, 1.165) is 25.0 Å². The number of rotatable bonds is 6. The Morgan fingerprint density at radius 1 is 1.12 bits per heavy atom. The van der Waals surface area contributed by atoms with Crippen LogP contribution in [0.1, 0.15) is 57.8 Å². The molecular formula is C14H27NO. The van der Waals surface area contributed by atoms with E-state index in [1.807, 2.05) is 0 Å². The highest BCUT2D eigenvalue weighted by molar-refractivity contribution is 4.76. The molecule has 0 amide bonds. The van der Waals surface area contributed by atoms with Gasteiger partial charge < -0.3 is 10.5 Å². The van der Waals surface area contributed by atoms with E-state index < -0.39 is 0 Å². The molecule has 1 saturated carbocycles. The highest BCUT2D eigenvalue weighted by Gasteiger charge is 2.24. The van der Waals surface area contributed by atoms with Gasteiger partial charge in [0.05, 0.1) is 6.10 Å². The Labute approximate surface area is 99.9 Å². The van der Waals surface area contributed by atoms with Crippen LogP contribution in [-0.4, -0.2) is 19.3 Å². The molecule has 2 fully saturated rings. The lowest BCUT2D eigenvalue weighted by Crippen LogP contribution is -2.22. The first-order valence-electron chi connectivity index (χ1n) is 7.22. The Balaban J connectivity index is 1.62. The smallest absolute Gasteiger partial charge is 0.0576 e. The minimum absolute atomic E-state index is 0.571. The standard InChI is InChI=1S/C14H27NO/c15-11-13(12-5-1-2-6-12)7-3-8-14-9-4-10-16-14/h12-14H,1-11,15H2. The Bertz CT molecular complexity index is 183. The van der Waals surface area contributed by atoms with Crippen molar-refractivity contribution in [1.82, 2.24) is 0 Å². The first-order valence-corrected chi connectivity index (χ1v) is 7.22. The van der Waals surface area contributed by atoms with Gasteiger partial charge in [-0.3, -0.25) is 0 Å². The summed E-state index contributed by atoms with van der Waals surface area (Å²) >= 11 is 0. The minimum atomic E-state index is 0.571. The molecule has 2 nitrogen and oxygen atoms in total. The van der Waals surface area contributed by atoms with Crippen molar-refractivity contribution >= 4 is 0 Å². The van der Waals surface area contributed by atoms with Crippen molar-refractivity contribution in [3.8, 4) is 0 Å². The molecule has 0 aromatic heterocycles. The largest absolute Gasteiger partial charge is 0.378 e. The van der Waals surface area contributed by atoms with Crippen molar-refractivity contribution in [2.24, 2.45) is 17.6 Å². The Kier molecular flexibility index (Phi) is 5.11. The third-order valence-electron chi connectivity index (χ3n) is 4.49. The molecule has 0 aromatic carbocycles. The van der Waals surface area contributed by atoms with E-state index >= 15 is 0 Å². The monoisotopic (exact) mass is 225 g/mol. The van der Waals surface area contributed by atoms with Crippen LogP contribution in [0.3, 0.4) is 0 Å². The third-order valence-corrected chi connectivity index (χ3v) is 4.49. The summed E-state index contributed by atoms with van der Waals surface area (Å²) in [5.74, 6) is 1.73. The van der Waals surface area contributed by atoms with Crippen molar-refractivity contribution in [2.45, 2.75) is 63.9 Å². The Hall–Kier alpha value is -0.0800. The van der Waals surface area contributed by atoms with Gasteiger partial charge in [0.25, 0.3) is 0 Å². The average molecular weight is 225 g/mol. The summed E-state index contributed by atoms with van der Waals surface area (Å²) in [5, 5.41) is 0. The van der Waals surface area contributed by atoms with Gasteiger partial charge in [-0.15, -0.1) is 0 Å². The quantitative estimate of drug-likeness (QED) is 0.754. The highest BCUT2D eigenvalue weighted by atomic mass is 16.5. The van der Waals surface area contributed by atoms with Crippen LogP contribution in [0.4, 0.5) is 0 Å². The molecule has 2 unspecified atom stereocenters. The lowest BCUT2D eigenvalue weighted by atomic mass is 9.86. The number of ether oxygens (including phenoxy) is 1. The zero-order chi connectivity index (χ0) is 11.2. The summed E-state index contributed by atoms with van der Waals surface area (Å²) < 4.78 is 5.66. The van der Waals surface area contributed by atoms with Crippen LogP contribution in [0.15, 0.2) is 0 Å². The minimum Gasteiger partial charge on any atom is -0.378 e. The van der Waals surface area contributed by atoms with E-state index in [1.165, 1.54) is 57.8 Å². The molecule has 1 saturated heterocycles. The van der Waals surface area contributed by atoms with E-state index in [1.54, 1.807) is 0 Å². The van der Waals surface area contributed by atoms with Crippen LogP contribution in [-0.2, 0) is 4.74 Å². The molecular weight excluding hydrogens is 198 g/mol. The number of hydrogen-bond donors (Lipinski definition) is 1. The van der Waals surface area contributed by atoms with Gasteiger partial charge in [-0.2, -0.15) is 0 Å². The highest BCUT2D eigenvalue weighted by Crippen LogP contribution is 2.33. The predicted molar refractivity (Wildman–Crippen MR) is 67.3 cm³/mol. The Morgan fingerprint density at radius 3 is 2.56 bits per heavy atom. The molecule has 0 radical (unpaired) electrons. The Morgan fingerprint density at radius 2 is 1.94 bits per heavy atom. The molecule has 2 rings (SSSR count). The lowest BCUT2D eigenvalue weighted by Gasteiger charge is -2.22. The second-order valence-electron chi connectivity index (χ2n) is 5.61. The molecule has 2 atom stereocenters. The van der Waals surface area contributed by atoms with Gasteiger partial charge in [0.1, 0.15) is 0 Å². The van der Waals surface area contributed by atoms with Crippen LogP contribution < -0.4 is 5.73 Å². The molecule has 1 heterocycles. The van der Waals surface area contributed by atoms with Gasteiger partial charge >= 0.3 is 0 Å². The average Bonchev–Trinajstić information content (AvgIpc) is 2.96. The van der Waals surface area contributed by atoms with Crippen LogP contribution in [0, 0.1) is 11.8 Å². The van der Waals surface area contributed by atoms with Crippen molar-refractivity contribution in [3.63, 3.8) is 0 Å². The second kappa shape index (κ2) is 6.61. The van der Waals surface area contributed by atoms with Gasteiger partial charge in [-0.05, 0) is 44.1 Å². The zero-order valence-electron chi connectivity index (χ0n) is 10.5. The normalized spacial score (nSPS) is 28.7. The van der Waals surface area contributed by atoms with E-state index in [0.29, 0.717) is 6.10 Å². The number of nitrogens with two attached hydrogens (primary N) is 1. The van der Waals surface area contributed by atoms with Crippen LogP contribution in [0.5, 0.6) is 0 Å². The molecule has 2 aliphatic rings. The molecule has 0 aromatic rings. The van der Waals surface area contributed by atoms with Crippen molar-refractivity contribution in [3.05, 3.63) is 0 Å². The van der Waals surface area contributed by atoms with Gasteiger partial charge in [0.2, 0.25) is 0 Å². The first kappa shape index (κ1) is 12.4. The molecule has 1 aliphatic carbocycles. The maximum absolute atomic E-state index is 5.92. The summed E-state index contributed by atoms with van der Waals surface area (Å²) in [6, 6.07) is 0. The maximum Gasteiger partial charge on any atom is 0.0576 e. The van der Waals surface area contributed by atoms with E-state index in [-0.39, 0.29) is 0 Å². The molecule has 2 N–H and O–H groups in total. The molecule has 94 valence electrons. The summed E-state index contributed by atoms with van der Waals surface area (Å²) in [6.07, 6.45) is 12.8. The summed E-state index contributed by atoms with van der Waals surface area (Å²) in [6.45, 7) is 1.89. The lowest BCUT2D eigenvalue weighted by molar-refractivity contribution is 0.0997. The molecule has 0 spiro atoms. The SMILES string of the molecule is NCC(CCCC1CCCO1)C1CCCC1. The van der Waals surface area contributed by atoms with Gasteiger partial charge in [0.15, 0.2) is 0 Å². The fourth-order valence-corrected chi connectivity index (χ4v) is 3.45. The molecule has 0 bridgehead atoms. The van der Waals surface area contributed by atoms with Crippen molar-refractivity contribution < 1.29 is 4.74 Å². The predicted octanol–water partition coefficient (Wildman–Crippen LogP) is 3.10. The van der Waals surface area contributed by atoms with Gasteiger partial charge in [-0.1, -0.05) is 32.1 Å². The van der Waals surface area contributed by atoms with Crippen LogP contribution >= 0.6 is 0 Å². The fraction of sp³-hybridized carbons (Fsp3) is 1.00. The fourth-order valence-electron chi connectivity index (χ4n) is 3.45. The zero-order valence-corrected chi connectivity index (χ0v) is 10.5. The number of hydrogen-bond acceptors (Lipinski definition) is 2. The first-order chi connectivity index (χ1) is 7.90. The van der Waals surface area contributed by atoms with Gasteiger partial charge in [0, 0.05) is 6.61 Å². The molecule has 1 aliphatic heterocycles. The summed E-state index contributed by atoms with van der Waals surface area (Å²) in [4.78, 5) is 0. The summed E-state index contributed by atoms with van der Waals surface area (Å²) in [7, 11) is 0. The second-order valence-corrected chi connectivity index (χ2v) is 5.61. The van der Waals surface area contributed by atoms with E-state index in [4.69, 9.17) is 10.5 Å². The van der Waals surface area contributed by atoms with E-state index in [2.05, 4.69) is 0 Å². The van der Waals surface area contributed by atoms with Gasteiger partial charge in [-0.25, -0.2) is 0 Å². The van der Waals surface area contributed by atoms with Crippen LogP contribution in [0.25, 0.3) is 0 Å². The van der Waals surface area contributed by atoms with Crippen molar-refractivity contribution in [1.29, 1.82) is 0 Å². The van der Waals surface area contributed by atoms with Crippen LogP contribution in [0.2, 0.25) is 0 Å². The van der Waals surface area contributed by atoms with Crippen molar-refractivity contribution in [2.75, 3.05) is 13.2 Å². The maximum atomic E-state index is 5.92. The third kappa shape index (κ3) is 3.46. The summed E-state index contributed by atoms with van der Waals surface area (Å²) in [5.41, 5.74) is 5.92. The topological polar surface area (TPSA) is 35.2 Å². The molecule has 2 heteroatoms. The van der Waals surface area contributed by atoms with E-state index in [9.17, 15) is 0 Å². The molecule has 16 heavy (non-hydrogen) atoms.